The molecule has 2 bridgehead atoms. The Labute approximate surface area is 131 Å². The number of nitrogens with one attached hydrogen (secondary N) is 1. The predicted molar refractivity (Wildman–Crippen MR) is 88.3 cm³/mol. The summed E-state index contributed by atoms with van der Waals surface area (Å²) in [7, 11) is 0. The second kappa shape index (κ2) is 6.20. The fraction of sp³-hybridized carbons (Fsp3) is 1.00. The minimum Gasteiger partial charge on any atom is -0.311 e. The molecule has 0 amide bonds. The highest BCUT2D eigenvalue weighted by Gasteiger charge is 2.42. The van der Waals surface area contributed by atoms with Gasteiger partial charge in [0.05, 0.1) is 0 Å². The molecule has 3 aliphatic carbocycles. The Balaban J connectivity index is 1.41. The van der Waals surface area contributed by atoms with Gasteiger partial charge in [-0.25, -0.2) is 0 Å². The van der Waals surface area contributed by atoms with E-state index in [1.165, 1.54) is 51.7 Å². The summed E-state index contributed by atoms with van der Waals surface area (Å²) in [6, 6.07) is 1.55. The molecule has 3 saturated carbocycles. The summed E-state index contributed by atoms with van der Waals surface area (Å²) in [6.45, 7) is 6.36. The second-order valence-corrected chi connectivity index (χ2v) is 8.66. The van der Waals surface area contributed by atoms with Crippen molar-refractivity contribution in [3.63, 3.8) is 0 Å². The Morgan fingerprint density at radius 3 is 2.52 bits per heavy atom. The van der Waals surface area contributed by atoms with Crippen molar-refractivity contribution in [3.8, 4) is 0 Å². The van der Waals surface area contributed by atoms with Gasteiger partial charge in [0.1, 0.15) is 0 Å². The Kier molecular flexibility index (Phi) is 4.28. The van der Waals surface area contributed by atoms with Crippen LogP contribution in [0.5, 0.6) is 0 Å². The highest BCUT2D eigenvalue weighted by atomic mass is 15.2. The van der Waals surface area contributed by atoms with Crippen molar-refractivity contribution in [3.05, 3.63) is 0 Å². The maximum atomic E-state index is 3.78. The van der Waals surface area contributed by atoms with E-state index in [0.29, 0.717) is 6.04 Å². The Hall–Kier alpha value is -0.0800. The van der Waals surface area contributed by atoms with Gasteiger partial charge in [0.25, 0.3) is 0 Å². The molecule has 1 saturated heterocycles. The van der Waals surface area contributed by atoms with Crippen molar-refractivity contribution >= 4 is 0 Å². The summed E-state index contributed by atoms with van der Waals surface area (Å²) >= 11 is 0. The van der Waals surface area contributed by atoms with Crippen molar-refractivity contribution in [1.82, 2.24) is 10.2 Å². The topological polar surface area (TPSA) is 15.3 Å². The number of hydrogen-bond donors (Lipinski definition) is 1. The monoisotopic (exact) mass is 290 g/mol. The van der Waals surface area contributed by atoms with E-state index in [2.05, 4.69) is 17.1 Å². The lowest BCUT2D eigenvalue weighted by Crippen LogP contribution is -2.59. The lowest BCUT2D eigenvalue weighted by Gasteiger charge is -2.46. The van der Waals surface area contributed by atoms with Gasteiger partial charge in [-0.3, -0.25) is 4.90 Å². The molecule has 0 spiro atoms. The van der Waals surface area contributed by atoms with Gasteiger partial charge in [-0.2, -0.15) is 0 Å². The van der Waals surface area contributed by atoms with Crippen LogP contribution in [-0.4, -0.2) is 36.6 Å². The molecular weight excluding hydrogens is 256 g/mol. The molecule has 1 aliphatic heterocycles. The van der Waals surface area contributed by atoms with E-state index < -0.39 is 0 Å². The SMILES string of the molecule is CC1CN(CC2CC3CCC2C3)C(C2CCCCC2)CN1. The fourth-order valence-corrected chi connectivity index (χ4v) is 6.10. The largest absolute Gasteiger partial charge is 0.311 e. The van der Waals surface area contributed by atoms with E-state index in [1.54, 1.807) is 25.7 Å². The molecule has 2 heteroatoms. The molecule has 120 valence electrons. The molecule has 0 aromatic heterocycles. The van der Waals surface area contributed by atoms with E-state index in [4.69, 9.17) is 0 Å². The third kappa shape index (κ3) is 3.03. The first kappa shape index (κ1) is 14.5. The Morgan fingerprint density at radius 1 is 0.952 bits per heavy atom. The normalized spacial score (nSPS) is 45.3. The highest BCUT2D eigenvalue weighted by molar-refractivity contribution is 4.95. The Bertz CT molecular complexity index is 349. The molecule has 5 atom stereocenters. The van der Waals surface area contributed by atoms with Crippen molar-refractivity contribution < 1.29 is 0 Å². The quantitative estimate of drug-likeness (QED) is 0.853. The maximum absolute atomic E-state index is 3.78. The average molecular weight is 290 g/mol. The van der Waals surface area contributed by atoms with Gasteiger partial charge in [0.15, 0.2) is 0 Å². The standard InChI is InChI=1S/C19H34N2/c1-14-12-21(13-18-10-15-7-8-17(18)9-15)19(11-20-14)16-5-3-2-4-6-16/h14-20H,2-13H2,1H3. The molecular formula is C19H34N2. The first-order valence-corrected chi connectivity index (χ1v) is 9.77. The third-order valence-electron chi connectivity index (χ3n) is 7.20. The zero-order valence-corrected chi connectivity index (χ0v) is 13.9. The van der Waals surface area contributed by atoms with Gasteiger partial charge < -0.3 is 5.32 Å². The van der Waals surface area contributed by atoms with Crippen molar-refractivity contribution in [2.24, 2.45) is 23.7 Å². The number of rotatable bonds is 3. The Morgan fingerprint density at radius 2 is 1.81 bits per heavy atom. The van der Waals surface area contributed by atoms with Crippen LogP contribution in [0.2, 0.25) is 0 Å². The van der Waals surface area contributed by atoms with E-state index in [0.717, 1.165) is 29.7 Å². The molecule has 0 aromatic rings. The lowest BCUT2D eigenvalue weighted by molar-refractivity contribution is 0.0524. The van der Waals surface area contributed by atoms with Crippen LogP contribution >= 0.6 is 0 Å². The molecule has 2 nitrogen and oxygen atoms in total. The number of fused-ring (bicyclic) bond motifs is 2. The molecule has 5 unspecified atom stereocenters. The highest BCUT2D eigenvalue weighted by Crippen LogP contribution is 2.48. The van der Waals surface area contributed by atoms with Gasteiger partial charge in [-0.15, -0.1) is 0 Å². The van der Waals surface area contributed by atoms with Crippen LogP contribution in [0.1, 0.15) is 64.7 Å². The van der Waals surface area contributed by atoms with Crippen molar-refractivity contribution in [2.75, 3.05) is 19.6 Å². The summed E-state index contributed by atoms with van der Waals surface area (Å²) < 4.78 is 0. The molecule has 0 radical (unpaired) electrons. The summed E-state index contributed by atoms with van der Waals surface area (Å²) in [5.41, 5.74) is 0. The van der Waals surface area contributed by atoms with Crippen LogP contribution in [0, 0.1) is 23.7 Å². The molecule has 4 rings (SSSR count). The zero-order chi connectivity index (χ0) is 14.2. The van der Waals surface area contributed by atoms with E-state index in [-0.39, 0.29) is 0 Å². The predicted octanol–water partition coefficient (Wildman–Crippen LogP) is 3.67. The summed E-state index contributed by atoms with van der Waals surface area (Å²) in [4.78, 5) is 2.93. The first-order valence-electron chi connectivity index (χ1n) is 9.77. The van der Waals surface area contributed by atoms with E-state index >= 15 is 0 Å². The molecule has 4 fully saturated rings. The first-order chi connectivity index (χ1) is 10.3. The number of piperazine rings is 1. The van der Waals surface area contributed by atoms with Crippen LogP contribution in [0.15, 0.2) is 0 Å². The van der Waals surface area contributed by atoms with Crippen LogP contribution in [0.4, 0.5) is 0 Å². The molecule has 1 N–H and O–H groups in total. The fourth-order valence-electron chi connectivity index (χ4n) is 6.10. The molecule has 4 aliphatic rings. The summed E-state index contributed by atoms with van der Waals surface area (Å²) in [6.07, 6.45) is 13.7. The zero-order valence-electron chi connectivity index (χ0n) is 13.9. The van der Waals surface area contributed by atoms with Crippen molar-refractivity contribution in [1.29, 1.82) is 0 Å². The van der Waals surface area contributed by atoms with Crippen molar-refractivity contribution in [2.45, 2.75) is 76.8 Å². The second-order valence-electron chi connectivity index (χ2n) is 8.66. The van der Waals surface area contributed by atoms with Crippen LogP contribution in [0.25, 0.3) is 0 Å². The van der Waals surface area contributed by atoms with Crippen LogP contribution in [-0.2, 0) is 0 Å². The van der Waals surface area contributed by atoms with E-state index in [1.807, 2.05) is 0 Å². The van der Waals surface area contributed by atoms with E-state index in [9.17, 15) is 0 Å². The van der Waals surface area contributed by atoms with Gasteiger partial charge in [0.2, 0.25) is 0 Å². The molecule has 21 heavy (non-hydrogen) atoms. The summed E-state index contributed by atoms with van der Waals surface area (Å²) in [5.74, 6) is 4.22. The van der Waals surface area contributed by atoms with Gasteiger partial charge >= 0.3 is 0 Å². The lowest BCUT2D eigenvalue weighted by atomic mass is 9.81. The maximum Gasteiger partial charge on any atom is 0.0249 e. The molecule has 0 aromatic carbocycles. The smallest absolute Gasteiger partial charge is 0.0249 e. The van der Waals surface area contributed by atoms with Crippen LogP contribution in [0.3, 0.4) is 0 Å². The minimum absolute atomic E-state index is 0.698. The third-order valence-corrected chi connectivity index (χ3v) is 7.20. The molecule has 1 heterocycles. The average Bonchev–Trinajstić information content (AvgIpc) is 3.11. The van der Waals surface area contributed by atoms with Gasteiger partial charge in [0, 0.05) is 31.7 Å². The number of hydrogen-bond acceptors (Lipinski definition) is 2. The number of nitrogens with zero attached hydrogens (tertiary/aromatic N) is 1. The minimum atomic E-state index is 0.698. The van der Waals surface area contributed by atoms with Gasteiger partial charge in [-0.05, 0) is 62.7 Å². The van der Waals surface area contributed by atoms with Crippen LogP contribution < -0.4 is 5.32 Å². The van der Waals surface area contributed by atoms with Gasteiger partial charge in [-0.1, -0.05) is 25.7 Å². The summed E-state index contributed by atoms with van der Waals surface area (Å²) in [5, 5.41) is 3.78.